The van der Waals surface area contributed by atoms with Gasteiger partial charge >= 0.3 is 0 Å². The molecule has 0 N–H and O–H groups in total. The Bertz CT molecular complexity index is 112. The van der Waals surface area contributed by atoms with Crippen LogP contribution in [0.4, 0.5) is 0 Å². The first kappa shape index (κ1) is 11.5. The summed E-state index contributed by atoms with van der Waals surface area (Å²) < 4.78 is 15.4. The Balaban J connectivity index is 3.54. The minimum absolute atomic E-state index is 0.175. The molecule has 1 atom stereocenters. The fourth-order valence-corrected chi connectivity index (χ4v) is 0.636. The summed E-state index contributed by atoms with van der Waals surface area (Å²) in [4.78, 5) is 0. The Morgan fingerprint density at radius 3 is 2.42 bits per heavy atom. The highest BCUT2D eigenvalue weighted by molar-refractivity contribution is 4.54. The third kappa shape index (κ3) is 6.19. The second kappa shape index (κ2) is 7.13. The van der Waals surface area contributed by atoms with E-state index in [9.17, 15) is 0 Å². The number of hydrogen-bond donors (Lipinski definition) is 0. The highest BCUT2D eigenvalue weighted by Crippen LogP contribution is 1.98. The first-order chi connectivity index (χ1) is 5.70. The minimum atomic E-state index is -0.387. The molecule has 0 heterocycles. The van der Waals surface area contributed by atoms with Gasteiger partial charge in [-0.1, -0.05) is 6.58 Å². The Morgan fingerprint density at radius 2 is 2.00 bits per heavy atom. The standard InChI is InChI=1S/C9H17O3/c1-5-10-9(11-6-2)7-12-8(3)4/h5,8-9H,1-2,6-7H2,3-4H3. The van der Waals surface area contributed by atoms with Gasteiger partial charge in [0.1, 0.15) is 6.61 Å². The van der Waals surface area contributed by atoms with Gasteiger partial charge in [-0.15, -0.1) is 0 Å². The summed E-state index contributed by atoms with van der Waals surface area (Å²) in [5.41, 5.74) is 0. The van der Waals surface area contributed by atoms with Crippen LogP contribution in [0.25, 0.3) is 0 Å². The van der Waals surface area contributed by atoms with E-state index in [1.165, 1.54) is 6.26 Å². The van der Waals surface area contributed by atoms with E-state index in [-0.39, 0.29) is 12.4 Å². The van der Waals surface area contributed by atoms with E-state index in [0.29, 0.717) is 13.2 Å². The lowest BCUT2D eigenvalue weighted by molar-refractivity contribution is -0.143. The second-order valence-electron chi connectivity index (χ2n) is 2.49. The summed E-state index contributed by atoms with van der Waals surface area (Å²) in [5.74, 6) is 0. The molecule has 0 fully saturated rings. The van der Waals surface area contributed by atoms with Gasteiger partial charge in [0.15, 0.2) is 0 Å². The zero-order valence-corrected chi connectivity index (χ0v) is 7.79. The van der Waals surface area contributed by atoms with Crippen molar-refractivity contribution < 1.29 is 14.2 Å². The highest BCUT2D eigenvalue weighted by atomic mass is 16.7. The van der Waals surface area contributed by atoms with Gasteiger partial charge in [0.2, 0.25) is 6.29 Å². The van der Waals surface area contributed by atoms with E-state index in [0.717, 1.165) is 0 Å². The molecule has 0 spiro atoms. The van der Waals surface area contributed by atoms with Gasteiger partial charge in [-0.05, 0) is 20.8 Å². The predicted molar refractivity (Wildman–Crippen MR) is 47.5 cm³/mol. The normalized spacial score (nSPS) is 13.0. The molecule has 0 rings (SSSR count). The van der Waals surface area contributed by atoms with Crippen LogP contribution in [0.3, 0.4) is 0 Å². The van der Waals surface area contributed by atoms with E-state index in [1.54, 1.807) is 0 Å². The summed E-state index contributed by atoms with van der Waals surface area (Å²) in [6, 6.07) is 0. The van der Waals surface area contributed by atoms with Gasteiger partial charge in [-0.25, -0.2) is 0 Å². The lowest BCUT2D eigenvalue weighted by Gasteiger charge is -2.17. The molecule has 0 aliphatic carbocycles. The zero-order chi connectivity index (χ0) is 9.40. The van der Waals surface area contributed by atoms with Crippen LogP contribution in [0.5, 0.6) is 0 Å². The van der Waals surface area contributed by atoms with Crippen LogP contribution in [-0.2, 0) is 14.2 Å². The molecule has 0 bridgehead atoms. The van der Waals surface area contributed by atoms with Crippen LogP contribution >= 0.6 is 0 Å². The van der Waals surface area contributed by atoms with Gasteiger partial charge in [-0.3, -0.25) is 0 Å². The van der Waals surface area contributed by atoms with Crippen molar-refractivity contribution >= 4 is 0 Å². The first-order valence-electron chi connectivity index (χ1n) is 3.99. The molecule has 0 aromatic heterocycles. The van der Waals surface area contributed by atoms with E-state index in [4.69, 9.17) is 14.2 Å². The molecule has 71 valence electrons. The van der Waals surface area contributed by atoms with Crippen molar-refractivity contribution in [2.24, 2.45) is 0 Å². The zero-order valence-electron chi connectivity index (χ0n) is 7.79. The van der Waals surface area contributed by atoms with Crippen LogP contribution in [0.2, 0.25) is 0 Å². The van der Waals surface area contributed by atoms with Crippen molar-refractivity contribution in [1.29, 1.82) is 0 Å². The third-order valence-corrected chi connectivity index (χ3v) is 1.12. The van der Waals surface area contributed by atoms with Gasteiger partial charge in [-0.2, -0.15) is 0 Å². The molecule has 0 aliphatic rings. The number of rotatable bonds is 7. The van der Waals surface area contributed by atoms with Crippen LogP contribution in [0.1, 0.15) is 13.8 Å². The summed E-state index contributed by atoms with van der Waals surface area (Å²) in [6.07, 6.45) is 1.13. The maximum atomic E-state index is 5.28. The summed E-state index contributed by atoms with van der Waals surface area (Å²) in [5, 5.41) is 0. The van der Waals surface area contributed by atoms with Crippen molar-refractivity contribution in [1.82, 2.24) is 0 Å². The van der Waals surface area contributed by atoms with Gasteiger partial charge in [0, 0.05) is 0 Å². The molecule has 3 heteroatoms. The quantitative estimate of drug-likeness (QED) is 0.433. The van der Waals surface area contributed by atoms with E-state index in [1.807, 2.05) is 13.8 Å². The topological polar surface area (TPSA) is 27.7 Å². The maximum Gasteiger partial charge on any atom is 0.222 e. The maximum absolute atomic E-state index is 5.28. The van der Waals surface area contributed by atoms with Gasteiger partial charge in [0.25, 0.3) is 0 Å². The lowest BCUT2D eigenvalue weighted by atomic mass is 10.5. The van der Waals surface area contributed by atoms with Crippen molar-refractivity contribution in [3.05, 3.63) is 19.8 Å². The van der Waals surface area contributed by atoms with Gasteiger partial charge in [0.05, 0.1) is 19.0 Å². The number of hydrogen-bond acceptors (Lipinski definition) is 3. The van der Waals surface area contributed by atoms with Crippen LogP contribution in [0.15, 0.2) is 12.8 Å². The average molecular weight is 173 g/mol. The van der Waals surface area contributed by atoms with E-state index >= 15 is 0 Å². The van der Waals surface area contributed by atoms with Crippen molar-refractivity contribution in [3.63, 3.8) is 0 Å². The van der Waals surface area contributed by atoms with Crippen LogP contribution in [-0.4, -0.2) is 25.6 Å². The number of ether oxygens (including phenoxy) is 3. The minimum Gasteiger partial charge on any atom is -0.471 e. The van der Waals surface area contributed by atoms with Crippen LogP contribution in [0, 0.1) is 6.92 Å². The molecule has 12 heavy (non-hydrogen) atoms. The molecule has 1 radical (unpaired) electrons. The monoisotopic (exact) mass is 173 g/mol. The summed E-state index contributed by atoms with van der Waals surface area (Å²) >= 11 is 0. The van der Waals surface area contributed by atoms with E-state index in [2.05, 4.69) is 13.5 Å². The molecule has 0 saturated heterocycles. The Kier molecular flexibility index (Phi) is 6.81. The third-order valence-electron chi connectivity index (χ3n) is 1.12. The predicted octanol–water partition coefficient (Wildman–Crippen LogP) is 1.75. The average Bonchev–Trinajstić information content (AvgIpc) is 2.01. The molecule has 3 nitrogen and oxygen atoms in total. The van der Waals surface area contributed by atoms with Crippen molar-refractivity contribution in [2.45, 2.75) is 26.2 Å². The Hall–Kier alpha value is -0.540. The molecule has 0 aromatic carbocycles. The van der Waals surface area contributed by atoms with Gasteiger partial charge < -0.3 is 14.2 Å². The SMILES string of the molecule is [CH2]COC(COC(C)C)OC=C. The Labute approximate surface area is 74.3 Å². The van der Waals surface area contributed by atoms with Crippen LogP contribution < -0.4 is 0 Å². The molecule has 0 saturated carbocycles. The molecule has 0 aliphatic heterocycles. The molecular weight excluding hydrogens is 156 g/mol. The van der Waals surface area contributed by atoms with Crippen molar-refractivity contribution in [2.75, 3.05) is 13.2 Å². The van der Waals surface area contributed by atoms with Crippen molar-refractivity contribution in [3.8, 4) is 0 Å². The highest BCUT2D eigenvalue weighted by Gasteiger charge is 2.08. The molecular formula is C9H17O3. The summed E-state index contributed by atoms with van der Waals surface area (Å²) in [6.45, 7) is 11.6. The van der Waals surface area contributed by atoms with E-state index < -0.39 is 0 Å². The largest absolute Gasteiger partial charge is 0.471 e. The molecule has 1 unspecified atom stereocenters. The molecule has 0 amide bonds. The fourth-order valence-electron chi connectivity index (χ4n) is 0.636. The first-order valence-corrected chi connectivity index (χ1v) is 3.99. The fraction of sp³-hybridized carbons (Fsp3) is 0.667. The lowest BCUT2D eigenvalue weighted by Crippen LogP contribution is -2.23. The summed E-state index contributed by atoms with van der Waals surface area (Å²) in [7, 11) is 0. The smallest absolute Gasteiger partial charge is 0.222 e. The Morgan fingerprint density at radius 1 is 1.33 bits per heavy atom. The molecule has 0 aromatic rings. The second-order valence-corrected chi connectivity index (χ2v) is 2.49.